The number of amides is 2. The predicted molar refractivity (Wildman–Crippen MR) is 101 cm³/mol. The van der Waals surface area contributed by atoms with Crippen LogP contribution in [0.2, 0.25) is 0 Å². The van der Waals surface area contributed by atoms with Gasteiger partial charge in [0.15, 0.2) is 12.1 Å². The number of anilines is 2. The molecule has 1 fully saturated rings. The van der Waals surface area contributed by atoms with E-state index >= 15 is 0 Å². The molecule has 9 nitrogen and oxygen atoms in total. The van der Waals surface area contributed by atoms with Gasteiger partial charge < -0.3 is 20.1 Å². The summed E-state index contributed by atoms with van der Waals surface area (Å²) in [6.45, 7) is 3.47. The number of carboxylic acid groups (broad SMARTS) is 1. The van der Waals surface area contributed by atoms with Gasteiger partial charge in [0.25, 0.3) is 5.91 Å². The first kappa shape index (κ1) is 19.4. The first-order chi connectivity index (χ1) is 13.3. The number of hydrogen-bond donors (Lipinski definition) is 2. The highest BCUT2D eigenvalue weighted by atomic mass is 16.5. The number of aliphatic carboxylic acids is 1. The Morgan fingerprint density at radius 3 is 2.82 bits per heavy atom. The van der Waals surface area contributed by atoms with Crippen LogP contribution in [0.3, 0.4) is 0 Å². The third kappa shape index (κ3) is 4.13. The number of carboxylic acids is 1. The number of benzene rings is 1. The van der Waals surface area contributed by atoms with E-state index in [0.29, 0.717) is 24.4 Å². The van der Waals surface area contributed by atoms with Crippen molar-refractivity contribution in [2.24, 2.45) is 0 Å². The predicted octanol–water partition coefficient (Wildman–Crippen LogP) is 1.85. The summed E-state index contributed by atoms with van der Waals surface area (Å²) in [5, 5.41) is 15.8. The maximum Gasteiger partial charge on any atom is 0.331 e. The lowest BCUT2D eigenvalue weighted by molar-refractivity contribution is -0.146. The van der Waals surface area contributed by atoms with Crippen LogP contribution in [0.5, 0.6) is 5.75 Å². The fourth-order valence-electron chi connectivity index (χ4n) is 2.80. The Bertz CT molecular complexity index is 905. The lowest BCUT2D eigenvalue weighted by Crippen LogP contribution is -2.35. The largest absolute Gasteiger partial charge is 0.484 e. The van der Waals surface area contributed by atoms with E-state index in [4.69, 9.17) is 4.74 Å². The molecule has 9 heteroatoms. The Kier molecular flexibility index (Phi) is 5.34. The number of carbonyl (C=O) groups is 3. The van der Waals surface area contributed by atoms with Gasteiger partial charge in [-0.25, -0.2) is 4.79 Å². The van der Waals surface area contributed by atoms with Crippen molar-refractivity contribution in [3.63, 3.8) is 0 Å². The van der Waals surface area contributed by atoms with E-state index in [2.05, 4.69) is 10.4 Å². The summed E-state index contributed by atoms with van der Waals surface area (Å²) in [5.74, 6) is -0.880. The second kappa shape index (κ2) is 7.71. The van der Waals surface area contributed by atoms with Crippen LogP contribution in [0.15, 0.2) is 36.7 Å². The first-order valence-corrected chi connectivity index (χ1v) is 8.89. The Labute approximate surface area is 161 Å². The second-order valence-corrected chi connectivity index (χ2v) is 7.02. The summed E-state index contributed by atoms with van der Waals surface area (Å²) >= 11 is 0. The van der Waals surface area contributed by atoms with Gasteiger partial charge in [0.1, 0.15) is 5.75 Å². The smallest absolute Gasteiger partial charge is 0.331 e. The molecule has 1 aromatic carbocycles. The summed E-state index contributed by atoms with van der Waals surface area (Å²) < 4.78 is 6.78. The van der Waals surface area contributed by atoms with E-state index in [-0.39, 0.29) is 12.5 Å². The first-order valence-electron chi connectivity index (χ1n) is 8.89. The number of ether oxygens (including phenoxy) is 1. The average molecular weight is 386 g/mol. The van der Waals surface area contributed by atoms with Crippen molar-refractivity contribution in [2.45, 2.75) is 32.2 Å². The van der Waals surface area contributed by atoms with Crippen molar-refractivity contribution in [3.05, 3.63) is 36.7 Å². The van der Waals surface area contributed by atoms with E-state index in [9.17, 15) is 19.5 Å². The number of rotatable bonds is 7. The Morgan fingerprint density at radius 2 is 2.14 bits per heavy atom. The number of hydrogen-bond acceptors (Lipinski definition) is 5. The quantitative estimate of drug-likeness (QED) is 0.751. The second-order valence-electron chi connectivity index (χ2n) is 7.02. The van der Waals surface area contributed by atoms with E-state index in [1.807, 2.05) is 6.07 Å². The minimum absolute atomic E-state index is 0.0798. The van der Waals surface area contributed by atoms with Gasteiger partial charge in [-0.2, -0.15) is 5.10 Å². The normalized spacial score (nSPS) is 14.2. The van der Waals surface area contributed by atoms with Crippen LogP contribution in [0.25, 0.3) is 0 Å². The fourth-order valence-corrected chi connectivity index (χ4v) is 2.80. The molecule has 3 rings (SSSR count). The highest BCUT2D eigenvalue weighted by Gasteiger charge is 2.30. The molecule has 148 valence electrons. The summed E-state index contributed by atoms with van der Waals surface area (Å²) in [4.78, 5) is 36.9. The van der Waals surface area contributed by atoms with Crippen molar-refractivity contribution in [1.82, 2.24) is 9.78 Å². The molecule has 1 aliphatic rings. The number of nitrogens with zero attached hydrogens (tertiary/aromatic N) is 3. The van der Waals surface area contributed by atoms with Crippen LogP contribution in [-0.2, 0) is 19.9 Å². The summed E-state index contributed by atoms with van der Waals surface area (Å²) in [6.07, 6.45) is 4.20. The van der Waals surface area contributed by atoms with Gasteiger partial charge in [0, 0.05) is 30.9 Å². The Hall–Kier alpha value is -3.36. The summed E-state index contributed by atoms with van der Waals surface area (Å²) in [6, 6.07) is 7.04. The number of nitrogens with one attached hydrogen (secondary N) is 1. The minimum Gasteiger partial charge on any atom is -0.484 e. The molecule has 1 saturated heterocycles. The van der Waals surface area contributed by atoms with Gasteiger partial charge in [-0.15, -0.1) is 0 Å². The molecule has 2 amide bonds. The lowest BCUT2D eigenvalue weighted by Gasteiger charge is -2.19. The molecule has 0 bridgehead atoms. The third-order valence-corrected chi connectivity index (χ3v) is 4.54. The average Bonchev–Trinajstić information content (AvgIpc) is 3.29. The molecule has 0 saturated carbocycles. The monoisotopic (exact) mass is 386 g/mol. The van der Waals surface area contributed by atoms with E-state index in [0.717, 1.165) is 12.1 Å². The van der Waals surface area contributed by atoms with Crippen molar-refractivity contribution in [3.8, 4) is 5.75 Å². The van der Waals surface area contributed by atoms with Gasteiger partial charge in [-0.05, 0) is 32.4 Å². The van der Waals surface area contributed by atoms with Crippen molar-refractivity contribution in [2.75, 3.05) is 23.4 Å². The van der Waals surface area contributed by atoms with Crippen LogP contribution in [-0.4, -0.2) is 45.8 Å². The Morgan fingerprint density at radius 1 is 1.36 bits per heavy atom. The standard InChI is InChI=1S/C19H22N4O5/c1-19(2,18(26)27)23-11-13(10-20-23)21-16(24)12-28-15-6-3-5-14(9-15)22-8-4-7-17(22)25/h3,5-6,9-11H,4,7-8,12H2,1-2H3,(H,21,24)(H,26,27). The molecular weight excluding hydrogens is 364 g/mol. The van der Waals surface area contributed by atoms with Gasteiger partial charge in [-0.3, -0.25) is 14.3 Å². The van der Waals surface area contributed by atoms with Gasteiger partial charge in [-0.1, -0.05) is 6.07 Å². The van der Waals surface area contributed by atoms with Gasteiger partial charge in [0.05, 0.1) is 11.9 Å². The van der Waals surface area contributed by atoms with Crippen LogP contribution in [0.1, 0.15) is 26.7 Å². The SMILES string of the molecule is CC(C)(C(=O)O)n1cc(NC(=O)COc2cccc(N3CCCC3=O)c2)cn1. The molecule has 0 atom stereocenters. The molecule has 0 aliphatic carbocycles. The molecule has 2 N–H and O–H groups in total. The zero-order valence-corrected chi connectivity index (χ0v) is 15.7. The van der Waals surface area contributed by atoms with Crippen LogP contribution in [0.4, 0.5) is 11.4 Å². The van der Waals surface area contributed by atoms with Crippen LogP contribution < -0.4 is 15.0 Å². The Balaban J connectivity index is 1.57. The molecule has 0 spiro atoms. The molecule has 2 heterocycles. The molecule has 2 aromatic rings. The maximum absolute atomic E-state index is 12.1. The topological polar surface area (TPSA) is 114 Å². The van der Waals surface area contributed by atoms with Crippen LogP contribution in [0, 0.1) is 0 Å². The van der Waals surface area contributed by atoms with Gasteiger partial charge >= 0.3 is 5.97 Å². The molecule has 1 aliphatic heterocycles. The van der Waals surface area contributed by atoms with E-state index in [1.54, 1.807) is 23.1 Å². The zero-order valence-electron chi connectivity index (χ0n) is 15.7. The lowest BCUT2D eigenvalue weighted by atomic mass is 10.1. The zero-order chi connectivity index (χ0) is 20.3. The highest BCUT2D eigenvalue weighted by Crippen LogP contribution is 2.25. The molecular formula is C19H22N4O5. The number of aromatic nitrogens is 2. The van der Waals surface area contributed by atoms with Gasteiger partial charge in [0.2, 0.25) is 5.91 Å². The molecule has 0 radical (unpaired) electrons. The highest BCUT2D eigenvalue weighted by molar-refractivity contribution is 5.95. The van der Waals surface area contributed by atoms with Crippen molar-refractivity contribution < 1.29 is 24.2 Å². The van der Waals surface area contributed by atoms with Crippen molar-refractivity contribution in [1.29, 1.82) is 0 Å². The van der Waals surface area contributed by atoms with E-state index in [1.165, 1.54) is 30.9 Å². The number of carbonyl (C=O) groups excluding carboxylic acids is 2. The van der Waals surface area contributed by atoms with Crippen molar-refractivity contribution >= 4 is 29.2 Å². The summed E-state index contributed by atoms with van der Waals surface area (Å²) in [5.41, 5.74) is -0.107. The molecule has 0 unspecified atom stereocenters. The fraction of sp³-hybridized carbons (Fsp3) is 0.368. The molecule has 28 heavy (non-hydrogen) atoms. The third-order valence-electron chi connectivity index (χ3n) is 4.54. The van der Waals surface area contributed by atoms with E-state index < -0.39 is 17.4 Å². The summed E-state index contributed by atoms with van der Waals surface area (Å²) in [7, 11) is 0. The maximum atomic E-state index is 12.1. The molecule has 1 aromatic heterocycles. The van der Waals surface area contributed by atoms with Crippen LogP contribution >= 0.6 is 0 Å². The minimum atomic E-state index is -1.23.